The Kier molecular flexibility index (Phi) is 4.56. The van der Waals surface area contributed by atoms with Gasteiger partial charge in [0.15, 0.2) is 0 Å². The molecule has 0 spiro atoms. The smallest absolute Gasteiger partial charge is 0.239 e. The molecule has 2 heterocycles. The van der Waals surface area contributed by atoms with Gasteiger partial charge in [0, 0.05) is 32.2 Å². The van der Waals surface area contributed by atoms with Crippen LogP contribution < -0.4 is 0 Å². The second-order valence-corrected chi connectivity index (χ2v) is 6.24. The van der Waals surface area contributed by atoms with Crippen molar-refractivity contribution in [3.8, 4) is 0 Å². The average Bonchev–Trinajstić information content (AvgIpc) is 3.16. The third-order valence-corrected chi connectivity index (χ3v) is 4.73. The largest absolute Gasteiger partial charge is 0.396 e. The number of rotatable bonds is 4. The van der Waals surface area contributed by atoms with E-state index in [9.17, 15) is 9.90 Å². The van der Waals surface area contributed by atoms with E-state index in [2.05, 4.69) is 29.2 Å². The predicted octanol–water partition coefficient (Wildman–Crippen LogP) is 1.49. The number of likely N-dealkylation sites (tertiary alicyclic amines) is 2. The van der Waals surface area contributed by atoms with E-state index in [1.807, 2.05) is 11.0 Å². The van der Waals surface area contributed by atoms with Crippen LogP contribution in [0, 0.1) is 5.92 Å². The molecule has 2 unspecified atom stereocenters. The Morgan fingerprint density at radius 3 is 2.71 bits per heavy atom. The molecule has 3 rings (SSSR count). The number of hydrogen-bond acceptors (Lipinski definition) is 3. The number of benzene rings is 1. The van der Waals surface area contributed by atoms with E-state index in [-0.39, 0.29) is 24.5 Å². The summed E-state index contributed by atoms with van der Waals surface area (Å²) in [7, 11) is 0. The van der Waals surface area contributed by atoms with E-state index >= 15 is 0 Å². The van der Waals surface area contributed by atoms with Crippen molar-refractivity contribution in [3.05, 3.63) is 35.9 Å². The molecule has 1 amide bonds. The Hall–Kier alpha value is -1.39. The SMILES string of the molecule is O=C(C1CCCN1Cc1ccccc1)N1CCC(CO)C1. The molecule has 21 heavy (non-hydrogen) atoms. The van der Waals surface area contributed by atoms with Crippen molar-refractivity contribution in [2.75, 3.05) is 26.2 Å². The summed E-state index contributed by atoms with van der Waals surface area (Å²) in [6, 6.07) is 10.4. The van der Waals surface area contributed by atoms with E-state index in [1.54, 1.807) is 0 Å². The predicted molar refractivity (Wildman–Crippen MR) is 81.6 cm³/mol. The zero-order valence-corrected chi connectivity index (χ0v) is 12.4. The van der Waals surface area contributed by atoms with Crippen molar-refractivity contribution in [1.29, 1.82) is 0 Å². The molecule has 0 aliphatic carbocycles. The van der Waals surface area contributed by atoms with Crippen molar-refractivity contribution in [1.82, 2.24) is 9.80 Å². The van der Waals surface area contributed by atoms with Crippen LogP contribution in [0.2, 0.25) is 0 Å². The first-order chi connectivity index (χ1) is 10.3. The highest BCUT2D eigenvalue weighted by molar-refractivity contribution is 5.82. The molecule has 114 valence electrons. The Morgan fingerprint density at radius 1 is 1.19 bits per heavy atom. The van der Waals surface area contributed by atoms with E-state index in [1.165, 1.54) is 5.56 Å². The van der Waals surface area contributed by atoms with Gasteiger partial charge in [0.2, 0.25) is 5.91 Å². The van der Waals surface area contributed by atoms with Gasteiger partial charge in [0.1, 0.15) is 0 Å². The minimum atomic E-state index is 0.0302. The Morgan fingerprint density at radius 2 is 2.00 bits per heavy atom. The number of carbonyl (C=O) groups is 1. The lowest BCUT2D eigenvalue weighted by atomic mass is 10.1. The monoisotopic (exact) mass is 288 g/mol. The summed E-state index contributed by atoms with van der Waals surface area (Å²) in [5.74, 6) is 0.539. The summed E-state index contributed by atoms with van der Waals surface area (Å²) in [5, 5.41) is 9.23. The van der Waals surface area contributed by atoms with Gasteiger partial charge in [0.05, 0.1) is 6.04 Å². The van der Waals surface area contributed by atoms with E-state index < -0.39 is 0 Å². The van der Waals surface area contributed by atoms with Crippen molar-refractivity contribution in [2.24, 2.45) is 5.92 Å². The zero-order chi connectivity index (χ0) is 14.7. The van der Waals surface area contributed by atoms with Crippen LogP contribution in [0.15, 0.2) is 30.3 Å². The molecule has 0 saturated carbocycles. The van der Waals surface area contributed by atoms with Crippen molar-refractivity contribution in [2.45, 2.75) is 31.8 Å². The molecule has 2 aliphatic rings. The van der Waals surface area contributed by atoms with Gasteiger partial charge in [-0.05, 0) is 31.4 Å². The van der Waals surface area contributed by atoms with Gasteiger partial charge in [-0.3, -0.25) is 9.69 Å². The number of amides is 1. The summed E-state index contributed by atoms with van der Waals surface area (Å²) in [5.41, 5.74) is 1.27. The highest BCUT2D eigenvalue weighted by Gasteiger charge is 2.36. The van der Waals surface area contributed by atoms with Gasteiger partial charge in [0.25, 0.3) is 0 Å². The Bertz CT molecular complexity index is 477. The molecule has 0 bridgehead atoms. The van der Waals surface area contributed by atoms with Gasteiger partial charge in [-0.1, -0.05) is 30.3 Å². The van der Waals surface area contributed by atoms with Crippen LogP contribution >= 0.6 is 0 Å². The highest BCUT2D eigenvalue weighted by atomic mass is 16.3. The molecule has 2 saturated heterocycles. The molecule has 4 nitrogen and oxygen atoms in total. The van der Waals surface area contributed by atoms with E-state index in [4.69, 9.17) is 0 Å². The first-order valence-electron chi connectivity index (χ1n) is 7.95. The Balaban J connectivity index is 1.62. The highest BCUT2D eigenvalue weighted by Crippen LogP contribution is 2.24. The maximum absolute atomic E-state index is 12.7. The maximum Gasteiger partial charge on any atom is 0.239 e. The fraction of sp³-hybridized carbons (Fsp3) is 0.588. The van der Waals surface area contributed by atoms with Crippen LogP contribution in [0.5, 0.6) is 0 Å². The maximum atomic E-state index is 12.7. The summed E-state index contributed by atoms with van der Waals surface area (Å²) >= 11 is 0. The number of carbonyl (C=O) groups excluding carboxylic acids is 1. The minimum Gasteiger partial charge on any atom is -0.396 e. The van der Waals surface area contributed by atoms with Crippen LogP contribution in [0.1, 0.15) is 24.8 Å². The minimum absolute atomic E-state index is 0.0302. The van der Waals surface area contributed by atoms with Gasteiger partial charge in [-0.2, -0.15) is 0 Å². The van der Waals surface area contributed by atoms with Crippen molar-refractivity contribution >= 4 is 5.91 Å². The quantitative estimate of drug-likeness (QED) is 0.913. The van der Waals surface area contributed by atoms with Crippen LogP contribution in [-0.2, 0) is 11.3 Å². The van der Waals surface area contributed by atoms with Crippen LogP contribution in [0.3, 0.4) is 0 Å². The van der Waals surface area contributed by atoms with Crippen molar-refractivity contribution in [3.63, 3.8) is 0 Å². The van der Waals surface area contributed by atoms with Gasteiger partial charge in [-0.15, -0.1) is 0 Å². The molecular weight excluding hydrogens is 264 g/mol. The fourth-order valence-electron chi connectivity index (χ4n) is 3.51. The molecular formula is C17H24N2O2. The molecule has 2 aliphatic heterocycles. The Labute approximate surface area is 126 Å². The number of aliphatic hydroxyl groups is 1. The first-order valence-corrected chi connectivity index (χ1v) is 7.95. The van der Waals surface area contributed by atoms with Crippen LogP contribution in [0.4, 0.5) is 0 Å². The number of aliphatic hydroxyl groups excluding tert-OH is 1. The summed E-state index contributed by atoms with van der Waals surface area (Å²) in [6.07, 6.45) is 3.00. The first kappa shape index (κ1) is 14.5. The van der Waals surface area contributed by atoms with E-state index in [0.717, 1.165) is 45.4 Å². The second-order valence-electron chi connectivity index (χ2n) is 6.24. The zero-order valence-electron chi connectivity index (χ0n) is 12.4. The van der Waals surface area contributed by atoms with E-state index in [0.29, 0.717) is 0 Å². The summed E-state index contributed by atoms with van der Waals surface area (Å²) in [4.78, 5) is 17.0. The molecule has 4 heteroatoms. The number of nitrogens with zero attached hydrogens (tertiary/aromatic N) is 2. The molecule has 0 aromatic heterocycles. The van der Waals surface area contributed by atoms with Crippen LogP contribution in [-0.4, -0.2) is 53.1 Å². The molecule has 1 aromatic rings. The van der Waals surface area contributed by atoms with Crippen LogP contribution in [0.25, 0.3) is 0 Å². The standard InChI is InChI=1S/C17H24N2O2/c20-13-15-8-10-19(12-15)17(21)16-7-4-9-18(16)11-14-5-2-1-3-6-14/h1-3,5-6,15-16,20H,4,7-13H2. The summed E-state index contributed by atoms with van der Waals surface area (Å²) in [6.45, 7) is 3.59. The molecule has 1 N–H and O–H groups in total. The molecule has 0 radical (unpaired) electrons. The third-order valence-electron chi connectivity index (χ3n) is 4.73. The fourth-order valence-corrected chi connectivity index (χ4v) is 3.51. The third kappa shape index (κ3) is 3.27. The molecule has 2 fully saturated rings. The molecule has 1 aromatic carbocycles. The summed E-state index contributed by atoms with van der Waals surface area (Å²) < 4.78 is 0. The van der Waals surface area contributed by atoms with Crippen molar-refractivity contribution < 1.29 is 9.90 Å². The lowest BCUT2D eigenvalue weighted by molar-refractivity contribution is -0.135. The lowest BCUT2D eigenvalue weighted by Gasteiger charge is -2.28. The topological polar surface area (TPSA) is 43.8 Å². The van der Waals surface area contributed by atoms with Gasteiger partial charge in [-0.25, -0.2) is 0 Å². The van der Waals surface area contributed by atoms with Gasteiger partial charge < -0.3 is 10.0 Å². The molecule has 2 atom stereocenters. The second kappa shape index (κ2) is 6.58. The normalized spacial score (nSPS) is 26.4. The number of hydrogen-bond donors (Lipinski definition) is 1. The average molecular weight is 288 g/mol. The van der Waals surface area contributed by atoms with Gasteiger partial charge >= 0.3 is 0 Å². The lowest BCUT2D eigenvalue weighted by Crippen LogP contribution is -2.44.